The molecule has 3 amide bonds. The first-order valence-corrected chi connectivity index (χ1v) is 8.45. The van der Waals surface area contributed by atoms with Crippen molar-refractivity contribution in [3.63, 3.8) is 0 Å². The fourth-order valence-corrected chi connectivity index (χ4v) is 2.87. The van der Waals surface area contributed by atoms with Crippen LogP contribution in [0.1, 0.15) is 26.3 Å². The van der Waals surface area contributed by atoms with E-state index in [0.29, 0.717) is 13.0 Å². The third-order valence-electron chi connectivity index (χ3n) is 4.36. The molecular formula is C19H17N3O6. The van der Waals surface area contributed by atoms with Gasteiger partial charge in [-0.15, -0.1) is 0 Å². The van der Waals surface area contributed by atoms with Gasteiger partial charge in [0.1, 0.15) is 12.3 Å². The molecule has 1 N–H and O–H groups in total. The Kier molecular flexibility index (Phi) is 5.35. The summed E-state index contributed by atoms with van der Waals surface area (Å²) >= 11 is 0. The van der Waals surface area contributed by atoms with Crippen LogP contribution in [0.25, 0.3) is 0 Å². The van der Waals surface area contributed by atoms with E-state index in [1.165, 1.54) is 6.07 Å². The Hall–Kier alpha value is -3.75. The number of methoxy groups -OCH3 is 1. The number of imide groups is 1. The van der Waals surface area contributed by atoms with Gasteiger partial charge in [-0.05, 0) is 30.2 Å². The number of fused-ring (bicyclic) bond motifs is 1. The smallest absolute Gasteiger partial charge is 0.270 e. The number of nitrogens with zero attached hydrogens (tertiary/aromatic N) is 2. The lowest BCUT2D eigenvalue weighted by molar-refractivity contribution is -0.384. The molecule has 0 atom stereocenters. The highest BCUT2D eigenvalue weighted by atomic mass is 16.6. The highest BCUT2D eigenvalue weighted by Gasteiger charge is 2.37. The monoisotopic (exact) mass is 383 g/mol. The standard InChI is InChI=1S/C19H17N3O6/c1-28-14-5-2-12(3-6-14)8-9-20-17(23)11-21-18(24)15-7-4-13(22(26)27)10-16(15)19(21)25/h2-7,10H,8-9,11H2,1H3,(H,20,23). The molecule has 0 bridgehead atoms. The van der Waals surface area contributed by atoms with Gasteiger partial charge in [-0.3, -0.25) is 29.4 Å². The van der Waals surface area contributed by atoms with Crippen molar-refractivity contribution in [2.24, 2.45) is 0 Å². The SMILES string of the molecule is COc1ccc(CCNC(=O)CN2C(=O)c3ccc([N+](=O)[O-])cc3C2=O)cc1. The average Bonchev–Trinajstić information content (AvgIpc) is 2.93. The number of amides is 3. The molecule has 2 aromatic rings. The lowest BCUT2D eigenvalue weighted by Crippen LogP contribution is -2.40. The number of ether oxygens (including phenoxy) is 1. The topological polar surface area (TPSA) is 119 Å². The summed E-state index contributed by atoms with van der Waals surface area (Å²) in [6.07, 6.45) is 0.573. The molecule has 0 spiro atoms. The molecular weight excluding hydrogens is 366 g/mol. The molecule has 0 radical (unpaired) electrons. The second kappa shape index (κ2) is 7.87. The number of carbonyl (C=O) groups is 3. The van der Waals surface area contributed by atoms with Crippen LogP contribution in [0.3, 0.4) is 0 Å². The molecule has 3 rings (SSSR count). The van der Waals surface area contributed by atoms with Crippen molar-refractivity contribution in [1.82, 2.24) is 10.2 Å². The summed E-state index contributed by atoms with van der Waals surface area (Å²) in [5, 5.41) is 13.5. The van der Waals surface area contributed by atoms with E-state index >= 15 is 0 Å². The lowest BCUT2D eigenvalue weighted by atomic mass is 10.1. The molecule has 0 unspecified atom stereocenters. The number of non-ortho nitro benzene ring substituents is 1. The van der Waals surface area contributed by atoms with Crippen molar-refractivity contribution in [2.45, 2.75) is 6.42 Å². The third-order valence-corrected chi connectivity index (χ3v) is 4.36. The minimum atomic E-state index is -0.714. The molecule has 1 heterocycles. The number of nitro groups is 1. The fourth-order valence-electron chi connectivity index (χ4n) is 2.87. The highest BCUT2D eigenvalue weighted by molar-refractivity contribution is 6.22. The Morgan fingerprint density at radius 2 is 1.79 bits per heavy atom. The van der Waals surface area contributed by atoms with Gasteiger partial charge in [0.15, 0.2) is 0 Å². The van der Waals surface area contributed by atoms with Gasteiger partial charge in [-0.2, -0.15) is 0 Å². The maximum absolute atomic E-state index is 12.4. The van der Waals surface area contributed by atoms with Crippen molar-refractivity contribution in [1.29, 1.82) is 0 Å². The van der Waals surface area contributed by atoms with Gasteiger partial charge in [-0.25, -0.2) is 0 Å². The van der Waals surface area contributed by atoms with Gasteiger partial charge in [0.25, 0.3) is 17.5 Å². The molecule has 144 valence electrons. The summed E-state index contributed by atoms with van der Waals surface area (Å²) in [7, 11) is 1.58. The first-order valence-electron chi connectivity index (χ1n) is 8.45. The average molecular weight is 383 g/mol. The molecule has 9 heteroatoms. The van der Waals surface area contributed by atoms with Crippen molar-refractivity contribution >= 4 is 23.4 Å². The molecule has 1 aliphatic rings. The summed E-state index contributed by atoms with van der Waals surface area (Å²) < 4.78 is 5.08. The zero-order valence-corrected chi connectivity index (χ0v) is 15.0. The van der Waals surface area contributed by atoms with E-state index < -0.39 is 29.2 Å². The first kappa shape index (κ1) is 19.0. The highest BCUT2D eigenvalue weighted by Crippen LogP contribution is 2.26. The van der Waals surface area contributed by atoms with Crippen LogP contribution in [-0.2, 0) is 11.2 Å². The van der Waals surface area contributed by atoms with Gasteiger partial charge in [0, 0.05) is 18.7 Å². The van der Waals surface area contributed by atoms with Crippen LogP contribution >= 0.6 is 0 Å². The molecule has 0 saturated heterocycles. The minimum absolute atomic E-state index is 0.0571. The number of benzene rings is 2. The van der Waals surface area contributed by atoms with E-state index in [4.69, 9.17) is 4.74 Å². The van der Waals surface area contributed by atoms with Crippen molar-refractivity contribution < 1.29 is 24.0 Å². The molecule has 28 heavy (non-hydrogen) atoms. The third kappa shape index (κ3) is 3.83. The van der Waals surface area contributed by atoms with Crippen LogP contribution in [0.5, 0.6) is 5.75 Å². The maximum atomic E-state index is 12.4. The van der Waals surface area contributed by atoms with E-state index in [2.05, 4.69) is 5.32 Å². The number of nitrogens with one attached hydrogen (secondary N) is 1. The fraction of sp³-hybridized carbons (Fsp3) is 0.211. The Labute approximate surface area is 160 Å². The Morgan fingerprint density at radius 1 is 1.11 bits per heavy atom. The van der Waals surface area contributed by atoms with E-state index in [0.717, 1.165) is 28.3 Å². The van der Waals surface area contributed by atoms with Gasteiger partial charge >= 0.3 is 0 Å². The summed E-state index contributed by atoms with van der Waals surface area (Å²) in [5.74, 6) is -1.11. The molecule has 2 aromatic carbocycles. The number of rotatable bonds is 7. The van der Waals surface area contributed by atoms with Crippen LogP contribution in [0.4, 0.5) is 5.69 Å². The van der Waals surface area contributed by atoms with Gasteiger partial charge in [-0.1, -0.05) is 12.1 Å². The lowest BCUT2D eigenvalue weighted by Gasteiger charge is -2.13. The summed E-state index contributed by atoms with van der Waals surface area (Å²) in [5.41, 5.74) is 0.701. The summed E-state index contributed by atoms with van der Waals surface area (Å²) in [6.45, 7) is -0.109. The molecule has 0 aliphatic carbocycles. The van der Waals surface area contributed by atoms with Gasteiger partial charge in [0.05, 0.1) is 23.2 Å². The Balaban J connectivity index is 1.57. The van der Waals surface area contributed by atoms with Crippen LogP contribution in [-0.4, -0.2) is 47.7 Å². The van der Waals surface area contributed by atoms with Crippen LogP contribution in [0, 0.1) is 10.1 Å². The zero-order valence-electron chi connectivity index (χ0n) is 15.0. The largest absolute Gasteiger partial charge is 0.497 e. The van der Waals surface area contributed by atoms with Crippen LogP contribution < -0.4 is 10.1 Å². The van der Waals surface area contributed by atoms with Crippen LogP contribution in [0.2, 0.25) is 0 Å². The summed E-state index contributed by atoms with van der Waals surface area (Å²) in [4.78, 5) is 47.8. The molecule has 0 fully saturated rings. The zero-order chi connectivity index (χ0) is 20.3. The second-order valence-corrected chi connectivity index (χ2v) is 6.13. The van der Waals surface area contributed by atoms with E-state index in [-0.39, 0.29) is 16.8 Å². The van der Waals surface area contributed by atoms with Gasteiger partial charge in [0.2, 0.25) is 5.91 Å². The number of hydrogen-bond acceptors (Lipinski definition) is 6. The number of carbonyl (C=O) groups excluding carboxylic acids is 3. The molecule has 1 aliphatic heterocycles. The summed E-state index contributed by atoms with van der Waals surface area (Å²) in [6, 6.07) is 10.8. The van der Waals surface area contributed by atoms with Crippen molar-refractivity contribution in [2.75, 3.05) is 20.2 Å². The van der Waals surface area contributed by atoms with Crippen molar-refractivity contribution in [3.8, 4) is 5.75 Å². The van der Waals surface area contributed by atoms with E-state index in [9.17, 15) is 24.5 Å². The maximum Gasteiger partial charge on any atom is 0.270 e. The molecule has 9 nitrogen and oxygen atoms in total. The van der Waals surface area contributed by atoms with E-state index in [1.807, 2.05) is 24.3 Å². The predicted octanol–water partition coefficient (Wildman–Crippen LogP) is 1.56. The van der Waals surface area contributed by atoms with Crippen molar-refractivity contribution in [3.05, 3.63) is 69.3 Å². The normalized spacial score (nSPS) is 12.7. The Morgan fingerprint density at radius 3 is 2.43 bits per heavy atom. The minimum Gasteiger partial charge on any atom is -0.497 e. The molecule has 0 aromatic heterocycles. The van der Waals surface area contributed by atoms with Gasteiger partial charge < -0.3 is 10.1 Å². The van der Waals surface area contributed by atoms with E-state index in [1.54, 1.807) is 7.11 Å². The quantitative estimate of drug-likeness (QED) is 0.440. The van der Waals surface area contributed by atoms with Crippen LogP contribution in [0.15, 0.2) is 42.5 Å². The second-order valence-electron chi connectivity index (χ2n) is 6.13. The number of hydrogen-bond donors (Lipinski definition) is 1. The Bertz CT molecular complexity index is 955. The predicted molar refractivity (Wildman–Crippen MR) is 98.2 cm³/mol. The first-order chi connectivity index (χ1) is 13.4. The molecule has 0 saturated carbocycles. The number of nitro benzene ring substituents is 1.